The molecule has 2 N–H and O–H groups in total. The van der Waals surface area contributed by atoms with Crippen LogP contribution < -0.4 is 24.4 Å². The number of amides is 1. The molecule has 2 fully saturated rings. The highest BCUT2D eigenvalue weighted by molar-refractivity contribution is 7.90. The summed E-state index contributed by atoms with van der Waals surface area (Å²) < 4.78 is 82.9. The van der Waals surface area contributed by atoms with E-state index in [4.69, 9.17) is 14.5 Å². The van der Waals surface area contributed by atoms with Crippen molar-refractivity contribution >= 4 is 27.6 Å². The first-order valence-electron chi connectivity index (χ1n) is 18.2. The number of nitrogens with one attached hydrogen (secondary N) is 2. The van der Waals surface area contributed by atoms with Crippen LogP contribution in [0.2, 0.25) is 0 Å². The lowest BCUT2D eigenvalue weighted by molar-refractivity contribution is -0.189. The van der Waals surface area contributed by atoms with Crippen LogP contribution >= 0.6 is 0 Å². The number of hydrogen-bond donors (Lipinski definition) is 2. The molecule has 0 radical (unpaired) electrons. The van der Waals surface area contributed by atoms with E-state index >= 15 is 0 Å². The molecule has 2 atom stereocenters. The van der Waals surface area contributed by atoms with E-state index in [9.17, 15) is 26.4 Å². The molecule has 12 nitrogen and oxygen atoms in total. The van der Waals surface area contributed by atoms with Gasteiger partial charge in [-0.15, -0.1) is 5.10 Å². The number of hydrogen-bond acceptors (Lipinski definition) is 10. The first-order chi connectivity index (χ1) is 25.6. The van der Waals surface area contributed by atoms with E-state index in [1.54, 1.807) is 24.4 Å². The number of anilines is 2. The molecule has 5 heterocycles. The number of alkyl halides is 3. The third kappa shape index (κ3) is 7.98. The molecule has 54 heavy (non-hydrogen) atoms. The van der Waals surface area contributed by atoms with Crippen LogP contribution in [0.15, 0.2) is 71.9 Å². The summed E-state index contributed by atoms with van der Waals surface area (Å²) in [5.74, 6) is 1.05. The fourth-order valence-electron chi connectivity index (χ4n) is 7.35. The summed E-state index contributed by atoms with van der Waals surface area (Å²) in [6.45, 7) is 7.72. The highest BCUT2D eigenvalue weighted by Crippen LogP contribution is 2.60. The van der Waals surface area contributed by atoms with Gasteiger partial charge in [0.1, 0.15) is 24.0 Å². The number of aromatic nitrogens is 4. The van der Waals surface area contributed by atoms with Crippen molar-refractivity contribution in [3.63, 3.8) is 0 Å². The molecule has 1 saturated carbocycles. The molecule has 4 aromatic rings. The summed E-state index contributed by atoms with van der Waals surface area (Å²) in [7, 11) is -4.49. The molecule has 0 unspecified atom stereocenters. The molecule has 1 aromatic carbocycles. The summed E-state index contributed by atoms with van der Waals surface area (Å²) in [5, 5.41) is 7.33. The van der Waals surface area contributed by atoms with Crippen molar-refractivity contribution in [1.82, 2.24) is 24.5 Å². The Morgan fingerprint density at radius 3 is 2.54 bits per heavy atom. The molecule has 4 bridgehead atoms. The van der Waals surface area contributed by atoms with Gasteiger partial charge in [0.05, 0.1) is 17.6 Å². The Morgan fingerprint density at radius 2 is 1.80 bits per heavy atom. The maximum Gasteiger partial charge on any atom is 0.394 e. The quantitative estimate of drug-likeness (QED) is 0.173. The standard InChI is InChI=1S/C38H44F3N7O5S/c1-25-12-17-42-30-20-28(53-24-26-8-5-4-6-9-26)21-33(43-30)54(50,51)46-35(49)29-10-11-31(44-34(29)47-23-27(25)22-36(47,2)3)48-18-13-32(45-48)52-19-7-14-37(15-16-37)38(39,40)41/h4-6,8-11,13,18,20-21,25,27H,7,12,14-17,19,22-24H2,1-3H3,(H,42,43)(H,46,49)/t25-,27-/m0/s1. The van der Waals surface area contributed by atoms with E-state index in [0.29, 0.717) is 30.5 Å². The van der Waals surface area contributed by atoms with Gasteiger partial charge in [0.25, 0.3) is 15.9 Å². The molecule has 7 rings (SSSR count). The van der Waals surface area contributed by atoms with Crippen LogP contribution in [-0.4, -0.2) is 65.5 Å². The average molecular weight is 768 g/mol. The molecule has 3 aliphatic rings. The zero-order valence-electron chi connectivity index (χ0n) is 30.4. The van der Waals surface area contributed by atoms with E-state index < -0.39 is 33.1 Å². The van der Waals surface area contributed by atoms with Crippen LogP contribution in [0.4, 0.5) is 24.8 Å². The van der Waals surface area contributed by atoms with Crippen LogP contribution in [0.3, 0.4) is 0 Å². The molecule has 16 heteroatoms. The van der Waals surface area contributed by atoms with Crippen molar-refractivity contribution in [2.24, 2.45) is 17.3 Å². The van der Waals surface area contributed by atoms with Gasteiger partial charge in [0.2, 0.25) is 5.88 Å². The van der Waals surface area contributed by atoms with Crippen LogP contribution in [0.5, 0.6) is 11.6 Å². The van der Waals surface area contributed by atoms with Gasteiger partial charge in [-0.2, -0.15) is 21.6 Å². The van der Waals surface area contributed by atoms with E-state index in [1.807, 2.05) is 30.3 Å². The summed E-state index contributed by atoms with van der Waals surface area (Å²) in [5.41, 5.74) is -1.07. The molecule has 288 valence electrons. The molecule has 3 aromatic heterocycles. The van der Waals surface area contributed by atoms with Gasteiger partial charge >= 0.3 is 6.18 Å². The van der Waals surface area contributed by atoms with Crippen molar-refractivity contribution in [2.75, 3.05) is 29.9 Å². The fraction of sp³-hybridized carbons (Fsp3) is 0.474. The Kier molecular flexibility index (Phi) is 10.00. The van der Waals surface area contributed by atoms with Gasteiger partial charge in [-0.05, 0) is 81.9 Å². The summed E-state index contributed by atoms with van der Waals surface area (Å²) >= 11 is 0. The number of halogens is 3. The van der Waals surface area contributed by atoms with Gasteiger partial charge in [0, 0.05) is 43.0 Å². The number of pyridine rings is 2. The van der Waals surface area contributed by atoms with Crippen LogP contribution in [0.1, 0.15) is 75.2 Å². The van der Waals surface area contributed by atoms with Crippen molar-refractivity contribution in [3.05, 3.63) is 78.0 Å². The average Bonchev–Trinajstić information content (AvgIpc) is 3.67. The number of fused-ring (bicyclic) bond motifs is 6. The van der Waals surface area contributed by atoms with Gasteiger partial charge < -0.3 is 19.7 Å². The molecule has 1 aliphatic carbocycles. The Hall–Kier alpha value is -4.86. The molecule has 0 spiro atoms. The van der Waals surface area contributed by atoms with Gasteiger partial charge in [0.15, 0.2) is 10.8 Å². The number of nitrogens with zero attached hydrogens (tertiary/aromatic N) is 5. The highest BCUT2D eigenvalue weighted by atomic mass is 32.2. The number of sulfonamides is 1. The number of ether oxygens (including phenoxy) is 2. The maximum atomic E-state index is 14.0. The third-order valence-electron chi connectivity index (χ3n) is 10.8. The Balaban J connectivity index is 1.16. The molecular weight excluding hydrogens is 724 g/mol. The second kappa shape index (κ2) is 14.4. The summed E-state index contributed by atoms with van der Waals surface area (Å²) in [6.07, 6.45) is -0.461. The minimum Gasteiger partial charge on any atom is -0.489 e. The summed E-state index contributed by atoms with van der Waals surface area (Å²) in [4.78, 5) is 25.3. The molecule has 1 amide bonds. The highest BCUT2D eigenvalue weighted by Gasteiger charge is 2.62. The Bertz CT molecular complexity index is 2110. The second-order valence-electron chi connectivity index (χ2n) is 15.2. The smallest absolute Gasteiger partial charge is 0.394 e. The Morgan fingerprint density at radius 1 is 1.02 bits per heavy atom. The third-order valence-corrected chi connectivity index (χ3v) is 12.0. The zero-order chi connectivity index (χ0) is 38.3. The van der Waals surface area contributed by atoms with E-state index in [1.165, 1.54) is 16.8 Å². The molecule has 2 aliphatic heterocycles. The second-order valence-corrected chi connectivity index (χ2v) is 16.8. The SMILES string of the molecule is C[C@H]1CCNc2cc(OCc3ccccc3)cc(n2)S(=O)(=O)NC(=O)c2ccc(-n3ccc(OCCCC4(C(F)(F)F)CC4)n3)nc2N2C[C@@H]1CC2(C)C. The van der Waals surface area contributed by atoms with Crippen molar-refractivity contribution in [2.45, 2.75) is 82.6 Å². The molecule has 1 saturated heterocycles. The first-order valence-corrected chi connectivity index (χ1v) is 19.6. The molecular formula is C38H44F3N7O5S. The minimum absolute atomic E-state index is 0.00775. The fourth-order valence-corrected chi connectivity index (χ4v) is 8.30. The number of carbonyl (C=O) groups is 1. The lowest BCUT2D eigenvalue weighted by atomic mass is 9.86. The summed E-state index contributed by atoms with van der Waals surface area (Å²) in [6, 6.07) is 17.1. The normalized spacial score (nSPS) is 21.5. The van der Waals surface area contributed by atoms with Crippen LogP contribution in [0, 0.1) is 17.3 Å². The van der Waals surface area contributed by atoms with Gasteiger partial charge in [-0.25, -0.2) is 19.4 Å². The number of rotatable bonds is 9. The van der Waals surface area contributed by atoms with Crippen molar-refractivity contribution < 1.29 is 35.9 Å². The predicted molar refractivity (Wildman–Crippen MR) is 195 cm³/mol. The lowest BCUT2D eigenvalue weighted by Gasteiger charge is -2.34. The lowest BCUT2D eigenvalue weighted by Crippen LogP contribution is -2.41. The van der Waals surface area contributed by atoms with E-state index in [2.05, 4.69) is 45.8 Å². The number of benzene rings is 1. The predicted octanol–water partition coefficient (Wildman–Crippen LogP) is 6.92. The van der Waals surface area contributed by atoms with E-state index in [0.717, 1.165) is 18.4 Å². The van der Waals surface area contributed by atoms with Gasteiger partial charge in [-0.1, -0.05) is 37.3 Å². The first kappa shape index (κ1) is 37.5. The number of carbonyl (C=O) groups excluding carboxylic acids is 1. The minimum atomic E-state index is -4.49. The van der Waals surface area contributed by atoms with Crippen LogP contribution in [0.25, 0.3) is 5.82 Å². The van der Waals surface area contributed by atoms with Crippen LogP contribution in [-0.2, 0) is 16.6 Å². The zero-order valence-corrected chi connectivity index (χ0v) is 31.2. The topological polar surface area (TPSA) is 141 Å². The van der Waals surface area contributed by atoms with Gasteiger partial charge in [-0.3, -0.25) is 4.79 Å². The maximum absolute atomic E-state index is 14.0. The largest absolute Gasteiger partial charge is 0.489 e. The van der Waals surface area contributed by atoms with E-state index in [-0.39, 0.29) is 73.0 Å². The Labute approximate surface area is 312 Å². The monoisotopic (exact) mass is 767 g/mol. The van der Waals surface area contributed by atoms with Crippen molar-refractivity contribution in [1.29, 1.82) is 0 Å². The van der Waals surface area contributed by atoms with Crippen molar-refractivity contribution in [3.8, 4) is 17.4 Å².